The fourth-order valence-corrected chi connectivity index (χ4v) is 1.39. The number of carbonyl (C=O) groups excluding carboxylic acids is 2. The lowest BCUT2D eigenvalue weighted by Gasteiger charge is -2.22. The molecule has 0 heterocycles. The minimum absolute atomic E-state index is 0.368. The van der Waals surface area contributed by atoms with Gasteiger partial charge in [-0.05, 0) is 13.8 Å². The van der Waals surface area contributed by atoms with Crippen molar-refractivity contribution in [2.75, 3.05) is 19.6 Å². The molecule has 1 atom stereocenters. The highest BCUT2D eigenvalue weighted by Crippen LogP contribution is 2.13. The van der Waals surface area contributed by atoms with Crippen LogP contribution in [-0.2, 0) is 9.59 Å². The molecule has 0 fully saturated rings. The summed E-state index contributed by atoms with van der Waals surface area (Å²) in [6.45, 7) is 2.99. The Labute approximate surface area is 103 Å². The van der Waals surface area contributed by atoms with Crippen LogP contribution in [0.5, 0.6) is 0 Å². The molecule has 0 aliphatic rings. The molecular weight excluding hydrogens is 251 g/mol. The molecule has 0 aromatic carbocycles. The molecule has 0 radical (unpaired) electrons. The fourth-order valence-electron chi connectivity index (χ4n) is 1.39. The number of rotatable bonds is 7. The van der Waals surface area contributed by atoms with E-state index in [1.165, 1.54) is 4.90 Å². The topological polar surface area (TPSA) is 75.4 Å². The number of nitrogens with one attached hydrogen (secondary N) is 1. The molecule has 0 aliphatic heterocycles. The van der Waals surface area contributed by atoms with Crippen molar-refractivity contribution in [3.63, 3.8) is 0 Å². The first-order valence-corrected chi connectivity index (χ1v) is 5.58. The third-order valence-electron chi connectivity index (χ3n) is 2.39. The average Bonchev–Trinajstić information content (AvgIpc) is 2.24. The summed E-state index contributed by atoms with van der Waals surface area (Å²) in [5, 5.41) is 1.95. The van der Waals surface area contributed by atoms with Gasteiger partial charge in [0.25, 0.3) is 0 Å². The van der Waals surface area contributed by atoms with Crippen molar-refractivity contribution >= 4 is 11.8 Å². The number of hydrogen-bond donors (Lipinski definition) is 2. The third kappa shape index (κ3) is 6.43. The van der Waals surface area contributed by atoms with Gasteiger partial charge in [-0.1, -0.05) is 0 Å². The summed E-state index contributed by atoms with van der Waals surface area (Å²) >= 11 is 0. The molecule has 0 saturated carbocycles. The summed E-state index contributed by atoms with van der Waals surface area (Å²) in [6.07, 6.45) is -4.82. The van der Waals surface area contributed by atoms with E-state index in [4.69, 9.17) is 5.73 Å². The van der Waals surface area contributed by atoms with Crippen molar-refractivity contribution in [2.45, 2.75) is 32.5 Å². The van der Waals surface area contributed by atoms with Gasteiger partial charge in [0.05, 0.1) is 19.0 Å². The van der Waals surface area contributed by atoms with Crippen LogP contribution in [0, 0.1) is 0 Å². The zero-order valence-electron chi connectivity index (χ0n) is 10.4. The van der Waals surface area contributed by atoms with Crippen LogP contribution in [0.25, 0.3) is 0 Å². The van der Waals surface area contributed by atoms with E-state index in [0.717, 1.165) is 0 Å². The molecule has 5 nitrogen and oxygen atoms in total. The second-order valence-corrected chi connectivity index (χ2v) is 3.72. The number of primary amides is 1. The third-order valence-corrected chi connectivity index (χ3v) is 2.39. The van der Waals surface area contributed by atoms with Crippen molar-refractivity contribution in [3.05, 3.63) is 0 Å². The highest BCUT2D eigenvalue weighted by Gasteiger charge is 2.30. The smallest absolute Gasteiger partial charge is 0.368 e. The van der Waals surface area contributed by atoms with Crippen molar-refractivity contribution in [1.29, 1.82) is 0 Å². The number of carbonyl (C=O) groups is 2. The van der Waals surface area contributed by atoms with E-state index in [1.54, 1.807) is 13.8 Å². The quantitative estimate of drug-likeness (QED) is 0.695. The second-order valence-electron chi connectivity index (χ2n) is 3.72. The van der Waals surface area contributed by atoms with E-state index in [-0.39, 0.29) is 6.42 Å². The minimum atomic E-state index is -4.45. The van der Waals surface area contributed by atoms with Gasteiger partial charge in [0.1, 0.15) is 0 Å². The van der Waals surface area contributed by atoms with Crippen LogP contribution in [0.3, 0.4) is 0 Å². The summed E-state index contributed by atoms with van der Waals surface area (Å²) < 4.78 is 36.0. The first-order valence-electron chi connectivity index (χ1n) is 5.58. The Bertz CT molecular complexity index is 291. The highest BCUT2D eigenvalue weighted by atomic mass is 19.4. The van der Waals surface area contributed by atoms with Gasteiger partial charge in [-0.15, -0.1) is 0 Å². The van der Waals surface area contributed by atoms with Crippen LogP contribution in [0.15, 0.2) is 0 Å². The molecule has 0 aromatic rings. The molecule has 0 bridgehead atoms. The molecule has 0 aromatic heterocycles. The Hall–Kier alpha value is -1.31. The molecule has 0 saturated heterocycles. The number of alkyl halides is 3. The van der Waals surface area contributed by atoms with Crippen molar-refractivity contribution in [1.82, 2.24) is 10.2 Å². The van der Waals surface area contributed by atoms with Crippen molar-refractivity contribution < 1.29 is 22.8 Å². The maximum absolute atomic E-state index is 12.0. The first kappa shape index (κ1) is 16.7. The van der Waals surface area contributed by atoms with Crippen LogP contribution in [0.4, 0.5) is 13.2 Å². The van der Waals surface area contributed by atoms with E-state index in [9.17, 15) is 22.8 Å². The van der Waals surface area contributed by atoms with Gasteiger partial charge in [0, 0.05) is 13.1 Å². The van der Waals surface area contributed by atoms with E-state index in [0.29, 0.717) is 13.1 Å². The van der Waals surface area contributed by atoms with Crippen LogP contribution in [0.2, 0.25) is 0 Å². The molecule has 2 amide bonds. The van der Waals surface area contributed by atoms with Crippen LogP contribution < -0.4 is 11.1 Å². The summed E-state index contributed by atoms with van der Waals surface area (Å²) in [4.78, 5) is 24.0. The molecule has 1 unspecified atom stereocenters. The average molecular weight is 269 g/mol. The summed E-state index contributed by atoms with van der Waals surface area (Å²) in [6, 6.07) is -1.31. The molecule has 18 heavy (non-hydrogen) atoms. The van der Waals surface area contributed by atoms with Gasteiger partial charge in [-0.25, -0.2) is 0 Å². The predicted molar refractivity (Wildman–Crippen MR) is 59.6 cm³/mol. The van der Waals surface area contributed by atoms with Gasteiger partial charge >= 0.3 is 6.18 Å². The Morgan fingerprint density at radius 1 is 1.28 bits per heavy atom. The molecule has 106 valence electrons. The minimum Gasteiger partial charge on any atom is -0.368 e. The maximum Gasteiger partial charge on any atom is 0.401 e. The zero-order valence-corrected chi connectivity index (χ0v) is 10.4. The molecule has 0 rings (SSSR count). The fraction of sp³-hybridized carbons (Fsp3) is 0.800. The van der Waals surface area contributed by atoms with Crippen molar-refractivity contribution in [2.24, 2.45) is 5.73 Å². The van der Waals surface area contributed by atoms with Crippen LogP contribution in [-0.4, -0.2) is 48.6 Å². The monoisotopic (exact) mass is 269 g/mol. The predicted octanol–water partition coefficient (Wildman–Crippen LogP) is 0.251. The molecule has 3 N–H and O–H groups in total. The summed E-state index contributed by atoms with van der Waals surface area (Å²) in [5.74, 6) is -1.38. The Kier molecular flexibility index (Phi) is 6.67. The lowest BCUT2D eigenvalue weighted by molar-refractivity contribution is -0.138. The number of nitrogens with zero attached hydrogens (tertiary/aromatic N) is 1. The summed E-state index contributed by atoms with van der Waals surface area (Å²) in [7, 11) is 0. The summed E-state index contributed by atoms with van der Waals surface area (Å²) in [5.41, 5.74) is 4.96. The van der Waals surface area contributed by atoms with Gasteiger partial charge < -0.3 is 10.6 Å². The first-order chi connectivity index (χ1) is 8.21. The maximum atomic E-state index is 12.0. The number of nitrogens with two attached hydrogens (primary N) is 1. The molecule has 8 heteroatoms. The van der Waals surface area contributed by atoms with Gasteiger partial charge in [-0.3, -0.25) is 14.9 Å². The SMILES string of the molecule is CCN(CC)C(=O)CC(NCC(F)(F)F)C(N)=O. The molecule has 0 spiro atoms. The lowest BCUT2D eigenvalue weighted by atomic mass is 10.1. The van der Waals surface area contributed by atoms with Gasteiger partial charge in [-0.2, -0.15) is 13.2 Å². The Morgan fingerprint density at radius 2 is 1.78 bits per heavy atom. The highest BCUT2D eigenvalue weighted by molar-refractivity contribution is 5.87. The van der Waals surface area contributed by atoms with Crippen LogP contribution in [0.1, 0.15) is 20.3 Å². The standard InChI is InChI=1S/C10H18F3N3O2/c1-3-16(4-2)8(17)5-7(9(14)18)15-6-10(11,12)13/h7,15H,3-6H2,1-2H3,(H2,14,18). The van der Waals surface area contributed by atoms with Crippen LogP contribution >= 0.6 is 0 Å². The van der Waals surface area contributed by atoms with E-state index in [2.05, 4.69) is 0 Å². The lowest BCUT2D eigenvalue weighted by Crippen LogP contribution is -2.48. The Morgan fingerprint density at radius 3 is 2.11 bits per heavy atom. The van der Waals surface area contributed by atoms with Gasteiger partial charge in [0.2, 0.25) is 11.8 Å². The molecular formula is C10H18F3N3O2. The van der Waals surface area contributed by atoms with Gasteiger partial charge in [0.15, 0.2) is 0 Å². The number of halogens is 3. The second kappa shape index (κ2) is 7.20. The van der Waals surface area contributed by atoms with E-state index < -0.39 is 30.6 Å². The van der Waals surface area contributed by atoms with Crippen molar-refractivity contribution in [3.8, 4) is 0 Å². The Balaban J connectivity index is 4.45. The number of amides is 2. The molecule has 0 aliphatic carbocycles. The zero-order chi connectivity index (χ0) is 14.3. The van der Waals surface area contributed by atoms with E-state index in [1.807, 2.05) is 5.32 Å². The normalized spacial score (nSPS) is 13.2. The number of hydrogen-bond acceptors (Lipinski definition) is 3. The largest absolute Gasteiger partial charge is 0.401 e. The van der Waals surface area contributed by atoms with E-state index >= 15 is 0 Å².